The van der Waals surface area contributed by atoms with E-state index < -0.39 is 0 Å². The fourth-order valence-corrected chi connectivity index (χ4v) is 5.95. The number of hydrogen-bond acceptors (Lipinski definition) is 1. The Bertz CT molecular complexity index is 828. The van der Waals surface area contributed by atoms with Gasteiger partial charge in [0, 0.05) is 6.21 Å². The molecule has 2 aromatic carbocycles. The summed E-state index contributed by atoms with van der Waals surface area (Å²) in [7, 11) is 0. The third kappa shape index (κ3) is 10.5. The standard InChI is InChI=1S/C30H43N.C3H6.C2H6/c1-4-10-27(15-8-11-23(3)25-13-6-7-14-25)30(5-2)28-19-17-26(18-20-28)29-16-9-12-24(21-29)22-31;1-3-2;1-2/h9,12,16-23,25,27,30-31H,4-8,10-11,13-15H2,1-3H3;3H,1H2,2H3;1-2H3. The summed E-state index contributed by atoms with van der Waals surface area (Å²) in [6.07, 6.45) is 17.1. The van der Waals surface area contributed by atoms with E-state index in [4.69, 9.17) is 5.41 Å². The summed E-state index contributed by atoms with van der Waals surface area (Å²) in [5, 5.41) is 7.51. The maximum atomic E-state index is 7.51. The van der Waals surface area contributed by atoms with Gasteiger partial charge < -0.3 is 5.41 Å². The molecule has 3 atom stereocenters. The molecular weight excluding hydrogens is 434 g/mol. The Labute approximate surface area is 224 Å². The van der Waals surface area contributed by atoms with Gasteiger partial charge in [0.25, 0.3) is 0 Å². The Morgan fingerprint density at radius 3 is 2.14 bits per heavy atom. The lowest BCUT2D eigenvalue weighted by Crippen LogP contribution is -2.14. The van der Waals surface area contributed by atoms with Crippen LogP contribution in [0.1, 0.15) is 123 Å². The van der Waals surface area contributed by atoms with Gasteiger partial charge in [0.2, 0.25) is 0 Å². The van der Waals surface area contributed by atoms with Crippen LogP contribution >= 0.6 is 0 Å². The first-order valence-electron chi connectivity index (χ1n) is 14.9. The molecule has 3 rings (SSSR count). The Morgan fingerprint density at radius 2 is 1.58 bits per heavy atom. The zero-order valence-electron chi connectivity index (χ0n) is 24.4. The zero-order valence-corrected chi connectivity index (χ0v) is 24.4. The van der Waals surface area contributed by atoms with E-state index in [2.05, 4.69) is 63.7 Å². The summed E-state index contributed by atoms with van der Waals surface area (Å²) in [4.78, 5) is 0. The van der Waals surface area contributed by atoms with Gasteiger partial charge in [0.15, 0.2) is 0 Å². The predicted octanol–water partition coefficient (Wildman–Crippen LogP) is 11.5. The SMILES string of the molecule is C=CC.CC.CCCC(CCCC(C)C1CCCC1)C(CC)c1ccc(-c2cccc(C=N)c2)cc1. The monoisotopic (exact) mass is 489 g/mol. The fourth-order valence-electron chi connectivity index (χ4n) is 5.95. The highest BCUT2D eigenvalue weighted by molar-refractivity contribution is 5.80. The molecule has 1 saturated carbocycles. The van der Waals surface area contributed by atoms with Crippen molar-refractivity contribution in [3.05, 3.63) is 72.3 Å². The van der Waals surface area contributed by atoms with Crippen LogP contribution in [-0.2, 0) is 0 Å². The third-order valence-electron chi connectivity index (χ3n) is 7.83. The van der Waals surface area contributed by atoms with E-state index in [9.17, 15) is 0 Å². The number of hydrogen-bond donors (Lipinski definition) is 1. The van der Waals surface area contributed by atoms with Crippen molar-refractivity contribution in [3.63, 3.8) is 0 Å². The van der Waals surface area contributed by atoms with Crippen LogP contribution in [-0.4, -0.2) is 6.21 Å². The van der Waals surface area contributed by atoms with Crippen LogP contribution in [0.3, 0.4) is 0 Å². The average molecular weight is 490 g/mol. The maximum Gasteiger partial charge on any atom is 0.0250 e. The minimum absolute atomic E-state index is 0.670. The van der Waals surface area contributed by atoms with E-state index in [0.29, 0.717) is 5.92 Å². The number of benzene rings is 2. The minimum atomic E-state index is 0.670. The molecular formula is C35H55N. The van der Waals surface area contributed by atoms with Crippen molar-refractivity contribution < 1.29 is 0 Å². The molecule has 0 bridgehead atoms. The number of allylic oxidation sites excluding steroid dienone is 1. The Hall–Kier alpha value is -2.15. The molecule has 1 heteroatoms. The molecule has 1 fully saturated rings. The van der Waals surface area contributed by atoms with Crippen LogP contribution < -0.4 is 0 Å². The number of rotatable bonds is 12. The van der Waals surface area contributed by atoms with Crippen molar-refractivity contribution in [1.82, 2.24) is 0 Å². The highest BCUT2D eigenvalue weighted by Crippen LogP contribution is 2.38. The summed E-state index contributed by atoms with van der Waals surface area (Å²) in [6, 6.07) is 17.6. The quantitative estimate of drug-likeness (QED) is 0.226. The van der Waals surface area contributed by atoms with Gasteiger partial charge >= 0.3 is 0 Å². The molecule has 1 nitrogen and oxygen atoms in total. The van der Waals surface area contributed by atoms with E-state index in [1.807, 2.05) is 32.9 Å². The molecule has 0 aliphatic heterocycles. The van der Waals surface area contributed by atoms with Gasteiger partial charge in [0.05, 0.1) is 0 Å². The lowest BCUT2D eigenvalue weighted by atomic mass is 9.77. The van der Waals surface area contributed by atoms with Crippen LogP contribution in [0.25, 0.3) is 11.1 Å². The molecule has 3 unspecified atom stereocenters. The molecule has 0 radical (unpaired) electrons. The maximum absolute atomic E-state index is 7.51. The van der Waals surface area contributed by atoms with Crippen molar-refractivity contribution in [3.8, 4) is 11.1 Å². The second-order valence-electron chi connectivity index (χ2n) is 10.3. The van der Waals surface area contributed by atoms with Gasteiger partial charge in [-0.2, -0.15) is 0 Å². The van der Waals surface area contributed by atoms with Crippen LogP contribution in [0, 0.1) is 23.2 Å². The van der Waals surface area contributed by atoms with Crippen LogP contribution in [0.15, 0.2) is 61.2 Å². The minimum Gasteiger partial charge on any atom is -0.308 e. The van der Waals surface area contributed by atoms with Gasteiger partial charge in [-0.05, 0) is 71.8 Å². The first kappa shape index (κ1) is 31.9. The largest absolute Gasteiger partial charge is 0.308 e. The highest BCUT2D eigenvalue weighted by atomic mass is 14.3. The smallest absolute Gasteiger partial charge is 0.0250 e. The number of nitrogens with one attached hydrogen (secondary N) is 1. The van der Waals surface area contributed by atoms with Crippen LogP contribution in [0.2, 0.25) is 0 Å². The lowest BCUT2D eigenvalue weighted by molar-refractivity contribution is 0.298. The van der Waals surface area contributed by atoms with Crippen molar-refractivity contribution in [2.45, 2.75) is 112 Å². The molecule has 0 aromatic heterocycles. The predicted molar refractivity (Wildman–Crippen MR) is 163 cm³/mol. The highest BCUT2D eigenvalue weighted by Gasteiger charge is 2.24. The lowest BCUT2D eigenvalue weighted by Gasteiger charge is -2.28. The van der Waals surface area contributed by atoms with Crippen molar-refractivity contribution in [2.24, 2.45) is 17.8 Å². The van der Waals surface area contributed by atoms with E-state index in [1.165, 1.54) is 87.1 Å². The summed E-state index contributed by atoms with van der Waals surface area (Å²) in [5.41, 5.74) is 4.92. The summed E-state index contributed by atoms with van der Waals surface area (Å²) in [5.74, 6) is 3.40. The van der Waals surface area contributed by atoms with Crippen molar-refractivity contribution >= 4 is 6.21 Å². The zero-order chi connectivity index (χ0) is 26.8. The van der Waals surface area contributed by atoms with Gasteiger partial charge in [-0.3, -0.25) is 0 Å². The van der Waals surface area contributed by atoms with Gasteiger partial charge in [-0.1, -0.05) is 135 Å². The molecule has 200 valence electrons. The van der Waals surface area contributed by atoms with Crippen LogP contribution in [0.4, 0.5) is 0 Å². The average Bonchev–Trinajstić information content (AvgIpc) is 3.46. The fraction of sp³-hybridized carbons (Fsp3) is 0.571. The molecule has 0 saturated heterocycles. The Morgan fingerprint density at radius 1 is 0.944 bits per heavy atom. The Kier molecular flexibility index (Phi) is 16.8. The van der Waals surface area contributed by atoms with E-state index in [1.54, 1.807) is 6.08 Å². The molecule has 1 aliphatic carbocycles. The molecule has 1 N–H and O–H groups in total. The third-order valence-corrected chi connectivity index (χ3v) is 7.83. The molecule has 0 heterocycles. The summed E-state index contributed by atoms with van der Waals surface area (Å²) >= 11 is 0. The van der Waals surface area contributed by atoms with E-state index in [-0.39, 0.29) is 0 Å². The molecule has 1 aliphatic rings. The normalized spacial score (nSPS) is 15.5. The molecule has 36 heavy (non-hydrogen) atoms. The van der Waals surface area contributed by atoms with Crippen molar-refractivity contribution in [1.29, 1.82) is 5.41 Å². The molecule has 0 amide bonds. The topological polar surface area (TPSA) is 23.9 Å². The molecule has 2 aromatic rings. The van der Waals surface area contributed by atoms with Gasteiger partial charge in [0.1, 0.15) is 0 Å². The van der Waals surface area contributed by atoms with Crippen molar-refractivity contribution in [2.75, 3.05) is 0 Å². The van der Waals surface area contributed by atoms with Crippen LogP contribution in [0.5, 0.6) is 0 Å². The summed E-state index contributed by atoms with van der Waals surface area (Å²) in [6.45, 7) is 16.5. The van der Waals surface area contributed by atoms with Gasteiger partial charge in [-0.15, -0.1) is 6.58 Å². The Balaban J connectivity index is 0.00000120. The second kappa shape index (κ2) is 19.0. The summed E-state index contributed by atoms with van der Waals surface area (Å²) < 4.78 is 0. The second-order valence-corrected chi connectivity index (χ2v) is 10.3. The van der Waals surface area contributed by atoms with E-state index in [0.717, 1.165) is 23.3 Å². The first-order valence-corrected chi connectivity index (χ1v) is 14.9. The first-order chi connectivity index (χ1) is 17.6. The van der Waals surface area contributed by atoms with E-state index >= 15 is 0 Å². The molecule has 0 spiro atoms. The van der Waals surface area contributed by atoms with Gasteiger partial charge in [-0.25, -0.2) is 0 Å².